The first-order valence-electron chi connectivity index (χ1n) is 5.78. The van der Waals surface area contributed by atoms with Gasteiger partial charge in [0.15, 0.2) is 0 Å². The zero-order chi connectivity index (χ0) is 14.1. The molecule has 0 fully saturated rings. The summed E-state index contributed by atoms with van der Waals surface area (Å²) in [5, 5.41) is 4.29. The quantitative estimate of drug-likeness (QED) is 0.729. The Morgan fingerprint density at radius 1 is 1.10 bits per heavy atom. The molecule has 0 radical (unpaired) electrons. The summed E-state index contributed by atoms with van der Waals surface area (Å²) in [5.74, 6) is 0.335. The van der Waals surface area contributed by atoms with Crippen LogP contribution in [-0.2, 0) is 0 Å². The number of nitrogens with zero attached hydrogens (tertiary/aromatic N) is 2. The van der Waals surface area contributed by atoms with Gasteiger partial charge in [-0.2, -0.15) is 4.98 Å². The lowest BCUT2D eigenvalue weighted by Gasteiger charge is -1.99. The van der Waals surface area contributed by atoms with Crippen molar-refractivity contribution in [2.45, 2.75) is 0 Å². The molecule has 6 heteroatoms. The molecule has 0 bridgehead atoms. The standard InChI is InChI=1S/C14H9ClFN3O/c15-12-7-10(17)5-6-11(12)14-18-13(19-20-14)8-1-3-9(16)4-2-8/h1-7H,17H2. The Balaban J connectivity index is 1.99. The Labute approximate surface area is 119 Å². The second-order valence-electron chi connectivity index (χ2n) is 4.17. The highest BCUT2D eigenvalue weighted by atomic mass is 35.5. The highest BCUT2D eigenvalue weighted by molar-refractivity contribution is 6.33. The highest BCUT2D eigenvalue weighted by Crippen LogP contribution is 2.29. The van der Waals surface area contributed by atoms with Gasteiger partial charge in [-0.25, -0.2) is 4.39 Å². The number of anilines is 1. The molecule has 3 aromatic rings. The third-order valence-corrected chi connectivity index (χ3v) is 3.06. The Hall–Kier alpha value is -2.40. The Kier molecular flexibility index (Phi) is 3.12. The number of rotatable bonds is 2. The van der Waals surface area contributed by atoms with E-state index in [0.717, 1.165) is 0 Å². The molecule has 1 heterocycles. The van der Waals surface area contributed by atoms with Crippen molar-refractivity contribution in [1.29, 1.82) is 0 Å². The zero-order valence-corrected chi connectivity index (χ0v) is 10.9. The number of hydrogen-bond donors (Lipinski definition) is 1. The molecular formula is C14H9ClFN3O. The molecule has 0 spiro atoms. The molecule has 0 saturated heterocycles. The first-order valence-corrected chi connectivity index (χ1v) is 6.16. The molecular weight excluding hydrogens is 281 g/mol. The molecule has 0 aliphatic rings. The van der Waals surface area contributed by atoms with Crippen molar-refractivity contribution < 1.29 is 8.91 Å². The van der Waals surface area contributed by atoms with E-state index in [1.54, 1.807) is 30.3 Å². The van der Waals surface area contributed by atoms with E-state index in [1.165, 1.54) is 12.1 Å². The summed E-state index contributed by atoms with van der Waals surface area (Å²) >= 11 is 6.08. The number of nitrogens with two attached hydrogens (primary N) is 1. The van der Waals surface area contributed by atoms with E-state index in [4.69, 9.17) is 21.9 Å². The maximum Gasteiger partial charge on any atom is 0.259 e. The Morgan fingerprint density at radius 3 is 2.55 bits per heavy atom. The summed E-state index contributed by atoms with van der Waals surface area (Å²) in [6, 6.07) is 10.8. The first kappa shape index (κ1) is 12.6. The average Bonchev–Trinajstić information content (AvgIpc) is 2.89. The van der Waals surface area contributed by atoms with Crippen molar-refractivity contribution in [2.24, 2.45) is 0 Å². The van der Waals surface area contributed by atoms with Gasteiger partial charge in [-0.05, 0) is 42.5 Å². The van der Waals surface area contributed by atoms with E-state index in [9.17, 15) is 4.39 Å². The third kappa shape index (κ3) is 2.35. The number of nitrogen functional groups attached to an aromatic ring is 1. The number of aromatic nitrogens is 2. The van der Waals surface area contributed by atoms with Crippen molar-refractivity contribution in [1.82, 2.24) is 10.1 Å². The summed E-state index contributed by atoms with van der Waals surface area (Å²) in [5.41, 5.74) is 7.44. The first-order chi connectivity index (χ1) is 9.63. The minimum atomic E-state index is -0.320. The van der Waals surface area contributed by atoms with Crippen LogP contribution in [-0.4, -0.2) is 10.1 Å². The van der Waals surface area contributed by atoms with Crippen LogP contribution in [0.5, 0.6) is 0 Å². The van der Waals surface area contributed by atoms with Gasteiger partial charge in [0.25, 0.3) is 5.89 Å². The largest absolute Gasteiger partial charge is 0.399 e. The summed E-state index contributed by atoms with van der Waals surface area (Å²) < 4.78 is 18.0. The average molecular weight is 290 g/mol. The highest BCUT2D eigenvalue weighted by Gasteiger charge is 2.13. The lowest BCUT2D eigenvalue weighted by Crippen LogP contribution is -1.86. The lowest BCUT2D eigenvalue weighted by atomic mass is 10.2. The molecule has 0 amide bonds. The van der Waals surface area contributed by atoms with Gasteiger partial charge >= 0.3 is 0 Å². The lowest BCUT2D eigenvalue weighted by molar-refractivity contribution is 0.432. The number of hydrogen-bond acceptors (Lipinski definition) is 4. The molecule has 2 N–H and O–H groups in total. The smallest absolute Gasteiger partial charge is 0.259 e. The van der Waals surface area contributed by atoms with Gasteiger partial charge < -0.3 is 10.3 Å². The molecule has 4 nitrogen and oxygen atoms in total. The van der Waals surface area contributed by atoms with Crippen molar-refractivity contribution in [3.05, 3.63) is 53.3 Å². The fourth-order valence-corrected chi connectivity index (χ4v) is 2.02. The zero-order valence-electron chi connectivity index (χ0n) is 10.2. The molecule has 0 saturated carbocycles. The van der Waals surface area contributed by atoms with Crippen LogP contribution in [0, 0.1) is 5.82 Å². The maximum absolute atomic E-state index is 12.9. The molecule has 0 aliphatic carbocycles. The van der Waals surface area contributed by atoms with Crippen molar-refractivity contribution in [3.63, 3.8) is 0 Å². The summed E-state index contributed by atoms with van der Waals surface area (Å²) in [6.07, 6.45) is 0. The minimum absolute atomic E-state index is 0.286. The molecule has 0 unspecified atom stereocenters. The summed E-state index contributed by atoms with van der Waals surface area (Å²) in [6.45, 7) is 0. The van der Waals surface area contributed by atoms with Gasteiger partial charge in [0.1, 0.15) is 5.82 Å². The molecule has 20 heavy (non-hydrogen) atoms. The van der Waals surface area contributed by atoms with Crippen LogP contribution in [0.15, 0.2) is 47.0 Å². The second kappa shape index (κ2) is 4.94. The Morgan fingerprint density at radius 2 is 1.85 bits per heavy atom. The van der Waals surface area contributed by atoms with Crippen molar-refractivity contribution >= 4 is 17.3 Å². The van der Waals surface area contributed by atoms with Gasteiger partial charge in [-0.1, -0.05) is 16.8 Å². The normalized spacial score (nSPS) is 10.7. The van der Waals surface area contributed by atoms with Gasteiger partial charge in [0.05, 0.1) is 10.6 Å². The van der Waals surface area contributed by atoms with Gasteiger partial charge in [0.2, 0.25) is 5.82 Å². The number of halogens is 2. The maximum atomic E-state index is 12.9. The van der Waals surface area contributed by atoms with Crippen LogP contribution in [0.2, 0.25) is 5.02 Å². The second-order valence-corrected chi connectivity index (χ2v) is 4.58. The third-order valence-electron chi connectivity index (χ3n) is 2.75. The van der Waals surface area contributed by atoms with Crippen LogP contribution in [0.3, 0.4) is 0 Å². The molecule has 0 aliphatic heterocycles. The van der Waals surface area contributed by atoms with Crippen LogP contribution in [0.1, 0.15) is 0 Å². The van der Waals surface area contributed by atoms with Crippen molar-refractivity contribution in [3.8, 4) is 22.8 Å². The van der Waals surface area contributed by atoms with Crippen LogP contribution < -0.4 is 5.73 Å². The predicted molar refractivity (Wildman–Crippen MR) is 74.6 cm³/mol. The molecule has 0 atom stereocenters. The molecule has 3 rings (SSSR count). The fraction of sp³-hybridized carbons (Fsp3) is 0. The monoisotopic (exact) mass is 289 g/mol. The van der Waals surface area contributed by atoms with Gasteiger partial charge in [0, 0.05) is 11.3 Å². The van der Waals surface area contributed by atoms with Crippen molar-refractivity contribution in [2.75, 3.05) is 5.73 Å². The fourth-order valence-electron chi connectivity index (χ4n) is 1.75. The van der Waals surface area contributed by atoms with Gasteiger partial charge in [-0.3, -0.25) is 0 Å². The predicted octanol–water partition coefficient (Wildman–Crippen LogP) is 3.78. The van der Waals surface area contributed by atoms with E-state index < -0.39 is 0 Å². The SMILES string of the molecule is Nc1ccc(-c2nc(-c3ccc(F)cc3)no2)c(Cl)c1. The van der Waals surface area contributed by atoms with E-state index in [-0.39, 0.29) is 11.7 Å². The number of benzene rings is 2. The summed E-state index contributed by atoms with van der Waals surface area (Å²) in [7, 11) is 0. The van der Waals surface area contributed by atoms with E-state index >= 15 is 0 Å². The summed E-state index contributed by atoms with van der Waals surface area (Å²) in [4.78, 5) is 4.25. The van der Waals surface area contributed by atoms with E-state index in [0.29, 0.717) is 27.7 Å². The van der Waals surface area contributed by atoms with Crippen LogP contribution in [0.25, 0.3) is 22.8 Å². The Bertz CT molecular complexity index is 755. The van der Waals surface area contributed by atoms with Gasteiger partial charge in [-0.15, -0.1) is 0 Å². The van der Waals surface area contributed by atoms with Crippen LogP contribution in [0.4, 0.5) is 10.1 Å². The van der Waals surface area contributed by atoms with E-state index in [2.05, 4.69) is 10.1 Å². The molecule has 100 valence electrons. The molecule has 1 aromatic heterocycles. The minimum Gasteiger partial charge on any atom is -0.399 e. The van der Waals surface area contributed by atoms with E-state index in [1.807, 2.05) is 0 Å². The van der Waals surface area contributed by atoms with Crippen LogP contribution >= 0.6 is 11.6 Å². The molecule has 2 aromatic carbocycles. The topological polar surface area (TPSA) is 64.9 Å².